The van der Waals surface area contributed by atoms with Crippen LogP contribution in [0.1, 0.15) is 20.0 Å². The molecular weight excluding hydrogens is 449 g/mol. The van der Waals surface area contributed by atoms with Crippen LogP contribution in [0.2, 0.25) is 0 Å². The van der Waals surface area contributed by atoms with Crippen LogP contribution in [0.3, 0.4) is 0 Å². The zero-order valence-electron chi connectivity index (χ0n) is 16.1. The molecule has 0 saturated carbocycles. The molecule has 2 amide bonds. The highest BCUT2D eigenvalue weighted by molar-refractivity contribution is 7.12. The van der Waals surface area contributed by atoms with Crippen molar-refractivity contribution in [1.29, 1.82) is 0 Å². The van der Waals surface area contributed by atoms with Crippen LogP contribution in [-0.4, -0.2) is 30.8 Å². The molecule has 0 saturated heterocycles. The largest absolute Gasteiger partial charge is 0.573 e. The molecule has 0 bridgehead atoms. The lowest BCUT2D eigenvalue weighted by Crippen LogP contribution is -2.22. The number of hydrogen-bond donors (Lipinski definition) is 2. The number of carbonyl (C=O) groups is 3. The predicted octanol–water partition coefficient (Wildman–Crippen LogP) is 4.69. The van der Waals surface area contributed by atoms with Crippen LogP contribution in [0.4, 0.5) is 24.5 Å². The summed E-state index contributed by atoms with van der Waals surface area (Å²) in [6.45, 7) is -0.646. The number of alkyl halides is 3. The molecule has 0 aliphatic carbocycles. The van der Waals surface area contributed by atoms with E-state index in [-0.39, 0.29) is 16.9 Å². The number of amides is 2. The van der Waals surface area contributed by atoms with E-state index in [0.717, 1.165) is 12.1 Å². The minimum Gasteiger partial charge on any atom is -0.452 e. The summed E-state index contributed by atoms with van der Waals surface area (Å²) in [5, 5.41) is 6.74. The van der Waals surface area contributed by atoms with Gasteiger partial charge in [0.05, 0.1) is 16.1 Å². The Labute approximate surface area is 183 Å². The summed E-state index contributed by atoms with van der Waals surface area (Å²) in [5.41, 5.74) is 0.458. The van der Waals surface area contributed by atoms with Crippen LogP contribution in [0.25, 0.3) is 0 Å². The van der Waals surface area contributed by atoms with Gasteiger partial charge in [0.2, 0.25) is 0 Å². The average molecular weight is 464 g/mol. The Kier molecular flexibility index (Phi) is 7.11. The molecule has 32 heavy (non-hydrogen) atoms. The quantitative estimate of drug-likeness (QED) is 0.495. The molecule has 0 unspecified atom stereocenters. The van der Waals surface area contributed by atoms with Crippen molar-refractivity contribution in [3.63, 3.8) is 0 Å². The standard InChI is InChI=1S/C21H15F3N2O5S/c22-21(23,24)31-14-9-7-13(8-10-14)25-18(27)12-30-20(29)15-4-1-2-5-16(15)26-19(28)17-6-3-11-32-17/h1-11H,12H2,(H,25,27)(H,26,28). The van der Waals surface area contributed by atoms with Crippen molar-refractivity contribution in [2.75, 3.05) is 17.2 Å². The van der Waals surface area contributed by atoms with Crippen LogP contribution in [0.15, 0.2) is 66.0 Å². The first-order valence-corrected chi connectivity index (χ1v) is 9.86. The van der Waals surface area contributed by atoms with E-state index in [4.69, 9.17) is 4.74 Å². The Morgan fingerprint density at radius 3 is 2.28 bits per heavy atom. The van der Waals surface area contributed by atoms with E-state index < -0.39 is 36.5 Å². The zero-order chi connectivity index (χ0) is 23.1. The maximum absolute atomic E-state index is 12.4. The van der Waals surface area contributed by atoms with Gasteiger partial charge < -0.3 is 20.1 Å². The summed E-state index contributed by atoms with van der Waals surface area (Å²) in [5.74, 6) is -2.38. The number of esters is 1. The van der Waals surface area contributed by atoms with Gasteiger partial charge in [-0.05, 0) is 47.8 Å². The lowest BCUT2D eigenvalue weighted by Gasteiger charge is -2.11. The predicted molar refractivity (Wildman–Crippen MR) is 111 cm³/mol. The molecule has 0 radical (unpaired) electrons. The highest BCUT2D eigenvalue weighted by atomic mass is 32.1. The molecule has 2 N–H and O–H groups in total. The second-order valence-electron chi connectivity index (χ2n) is 6.17. The molecule has 2 aromatic carbocycles. The van der Waals surface area contributed by atoms with Gasteiger partial charge in [-0.25, -0.2) is 4.79 Å². The van der Waals surface area contributed by atoms with Crippen LogP contribution in [0.5, 0.6) is 5.75 Å². The van der Waals surface area contributed by atoms with Crippen molar-refractivity contribution in [2.24, 2.45) is 0 Å². The number of nitrogens with one attached hydrogen (secondary N) is 2. The van der Waals surface area contributed by atoms with Gasteiger partial charge in [0.1, 0.15) is 5.75 Å². The normalized spacial score (nSPS) is 10.8. The Morgan fingerprint density at radius 1 is 0.906 bits per heavy atom. The molecule has 0 aliphatic heterocycles. The molecule has 166 valence electrons. The Hall–Kier alpha value is -3.86. The van der Waals surface area contributed by atoms with Gasteiger partial charge in [0.15, 0.2) is 6.61 Å². The number of carbonyl (C=O) groups excluding carboxylic acids is 3. The van der Waals surface area contributed by atoms with Gasteiger partial charge in [-0.3, -0.25) is 9.59 Å². The summed E-state index contributed by atoms with van der Waals surface area (Å²) in [4.78, 5) is 37.1. The molecule has 0 spiro atoms. The zero-order valence-corrected chi connectivity index (χ0v) is 17.0. The van der Waals surface area contributed by atoms with Crippen LogP contribution >= 0.6 is 11.3 Å². The number of halogens is 3. The Morgan fingerprint density at radius 2 is 1.62 bits per heavy atom. The smallest absolute Gasteiger partial charge is 0.452 e. The number of rotatable bonds is 7. The third-order valence-electron chi connectivity index (χ3n) is 3.85. The topological polar surface area (TPSA) is 93.7 Å². The molecule has 0 atom stereocenters. The fraction of sp³-hybridized carbons (Fsp3) is 0.0952. The molecule has 1 heterocycles. The van der Waals surface area contributed by atoms with Crippen molar-refractivity contribution < 1.29 is 37.0 Å². The van der Waals surface area contributed by atoms with Gasteiger partial charge in [0, 0.05) is 5.69 Å². The molecule has 3 rings (SSSR count). The minimum atomic E-state index is -4.82. The van der Waals surface area contributed by atoms with Crippen molar-refractivity contribution >= 4 is 40.5 Å². The molecule has 0 fully saturated rings. The minimum absolute atomic E-state index is 0.0545. The lowest BCUT2D eigenvalue weighted by molar-refractivity contribution is -0.274. The van der Waals surface area contributed by atoms with E-state index in [1.807, 2.05) is 0 Å². The summed E-state index contributed by atoms with van der Waals surface area (Å²) < 4.78 is 45.3. The SMILES string of the molecule is O=C(COC(=O)c1ccccc1NC(=O)c1cccs1)Nc1ccc(OC(F)(F)F)cc1. The first-order chi connectivity index (χ1) is 15.2. The van der Waals surface area contributed by atoms with E-state index in [9.17, 15) is 27.6 Å². The highest BCUT2D eigenvalue weighted by Crippen LogP contribution is 2.24. The van der Waals surface area contributed by atoms with E-state index in [0.29, 0.717) is 4.88 Å². The second-order valence-corrected chi connectivity index (χ2v) is 7.12. The number of ether oxygens (including phenoxy) is 2. The van der Waals surface area contributed by atoms with Crippen molar-refractivity contribution in [1.82, 2.24) is 0 Å². The molecule has 11 heteroatoms. The molecule has 0 aliphatic rings. The van der Waals surface area contributed by atoms with Gasteiger partial charge >= 0.3 is 12.3 Å². The fourth-order valence-corrected chi connectivity index (χ4v) is 3.13. The van der Waals surface area contributed by atoms with E-state index in [2.05, 4.69) is 15.4 Å². The highest BCUT2D eigenvalue weighted by Gasteiger charge is 2.31. The Balaban J connectivity index is 1.55. The summed E-state index contributed by atoms with van der Waals surface area (Å²) >= 11 is 1.24. The van der Waals surface area contributed by atoms with Crippen molar-refractivity contribution in [2.45, 2.75) is 6.36 Å². The second kappa shape index (κ2) is 9.96. The summed E-state index contributed by atoms with van der Waals surface area (Å²) in [6, 6.07) is 14.0. The summed E-state index contributed by atoms with van der Waals surface area (Å²) in [6.07, 6.45) is -4.82. The number of anilines is 2. The van der Waals surface area contributed by atoms with Gasteiger partial charge in [-0.2, -0.15) is 0 Å². The van der Waals surface area contributed by atoms with Crippen LogP contribution in [-0.2, 0) is 9.53 Å². The molecular formula is C21H15F3N2O5S. The molecule has 7 nitrogen and oxygen atoms in total. The average Bonchev–Trinajstić information content (AvgIpc) is 3.28. The van der Waals surface area contributed by atoms with Gasteiger partial charge in [-0.15, -0.1) is 24.5 Å². The van der Waals surface area contributed by atoms with Crippen LogP contribution in [0, 0.1) is 0 Å². The van der Waals surface area contributed by atoms with Gasteiger partial charge in [-0.1, -0.05) is 18.2 Å². The van der Waals surface area contributed by atoms with Crippen molar-refractivity contribution in [3.05, 3.63) is 76.5 Å². The monoisotopic (exact) mass is 464 g/mol. The van der Waals surface area contributed by atoms with E-state index in [1.54, 1.807) is 29.6 Å². The maximum atomic E-state index is 12.4. The third-order valence-corrected chi connectivity index (χ3v) is 4.71. The molecule has 3 aromatic rings. The van der Waals surface area contributed by atoms with Gasteiger partial charge in [0.25, 0.3) is 11.8 Å². The number of hydrogen-bond acceptors (Lipinski definition) is 6. The number of benzene rings is 2. The lowest BCUT2D eigenvalue weighted by atomic mass is 10.2. The third kappa shape index (κ3) is 6.57. The van der Waals surface area contributed by atoms with Crippen LogP contribution < -0.4 is 15.4 Å². The van der Waals surface area contributed by atoms with Crippen molar-refractivity contribution in [3.8, 4) is 5.75 Å². The maximum Gasteiger partial charge on any atom is 0.573 e. The Bertz CT molecular complexity index is 1100. The summed E-state index contributed by atoms with van der Waals surface area (Å²) in [7, 11) is 0. The number of para-hydroxylation sites is 1. The first-order valence-electron chi connectivity index (χ1n) is 8.98. The molecule has 1 aromatic heterocycles. The van der Waals surface area contributed by atoms with E-state index in [1.165, 1.54) is 35.6 Å². The van der Waals surface area contributed by atoms with E-state index >= 15 is 0 Å². The number of thiophene rings is 1. The fourth-order valence-electron chi connectivity index (χ4n) is 2.51. The first kappa shape index (κ1) is 22.8.